The maximum absolute atomic E-state index is 12.9. The molecule has 1 aliphatic heterocycles. The van der Waals surface area contributed by atoms with Gasteiger partial charge in [-0.25, -0.2) is 4.98 Å². The van der Waals surface area contributed by atoms with Crippen molar-refractivity contribution in [3.8, 4) is 11.8 Å². The van der Waals surface area contributed by atoms with Crippen molar-refractivity contribution in [2.24, 2.45) is 0 Å². The molecule has 0 unspecified atom stereocenters. The largest absolute Gasteiger partial charge is 0.481 e. The minimum Gasteiger partial charge on any atom is -0.481 e. The highest BCUT2D eigenvalue weighted by molar-refractivity contribution is 5.96. The van der Waals surface area contributed by atoms with Gasteiger partial charge >= 0.3 is 0 Å². The van der Waals surface area contributed by atoms with Crippen LogP contribution in [-0.2, 0) is 6.42 Å². The topological polar surface area (TPSA) is 93.2 Å². The number of pyridine rings is 1. The first-order valence-electron chi connectivity index (χ1n) is 8.45. The molecule has 3 heterocycles. The van der Waals surface area contributed by atoms with Crippen molar-refractivity contribution in [1.82, 2.24) is 25.1 Å². The highest BCUT2D eigenvalue weighted by Crippen LogP contribution is 2.28. The summed E-state index contributed by atoms with van der Waals surface area (Å²) in [5.74, 6) is 2.40. The predicted octanol–water partition coefficient (Wildman–Crippen LogP) is 1.80. The number of amides is 1. The zero-order chi connectivity index (χ0) is 17.8. The lowest BCUT2D eigenvalue weighted by molar-refractivity contribution is 0.0700. The second-order valence-corrected chi connectivity index (χ2v) is 5.99. The number of methoxy groups -OCH3 is 2. The first-order chi connectivity index (χ1) is 12.2. The van der Waals surface area contributed by atoms with Crippen LogP contribution in [0.2, 0.25) is 0 Å². The molecule has 1 fully saturated rings. The monoisotopic (exact) mass is 345 g/mol. The molecule has 0 spiro atoms. The van der Waals surface area contributed by atoms with Gasteiger partial charge in [0.2, 0.25) is 11.8 Å². The van der Waals surface area contributed by atoms with Crippen molar-refractivity contribution in [3.05, 3.63) is 29.3 Å². The van der Waals surface area contributed by atoms with Gasteiger partial charge in [-0.2, -0.15) is 10.1 Å². The number of hydrogen-bond donors (Lipinski definition) is 1. The quantitative estimate of drug-likeness (QED) is 0.888. The van der Waals surface area contributed by atoms with Crippen molar-refractivity contribution < 1.29 is 14.3 Å². The Bertz CT molecular complexity index is 746. The van der Waals surface area contributed by atoms with E-state index in [1.165, 1.54) is 14.2 Å². The molecule has 1 N–H and O–H groups in total. The fourth-order valence-electron chi connectivity index (χ4n) is 3.05. The molecule has 134 valence electrons. The van der Waals surface area contributed by atoms with Crippen LogP contribution in [0, 0.1) is 0 Å². The van der Waals surface area contributed by atoms with Crippen LogP contribution in [0.3, 0.4) is 0 Å². The van der Waals surface area contributed by atoms with Crippen LogP contribution in [0.5, 0.6) is 11.8 Å². The van der Waals surface area contributed by atoms with Gasteiger partial charge < -0.3 is 14.4 Å². The molecule has 1 amide bonds. The second kappa shape index (κ2) is 7.50. The van der Waals surface area contributed by atoms with Crippen LogP contribution in [0.1, 0.15) is 47.7 Å². The zero-order valence-corrected chi connectivity index (χ0v) is 14.8. The maximum Gasteiger partial charge on any atom is 0.259 e. The molecule has 0 aliphatic carbocycles. The lowest BCUT2D eigenvalue weighted by Crippen LogP contribution is -2.39. The van der Waals surface area contributed by atoms with Gasteiger partial charge in [-0.3, -0.25) is 9.89 Å². The number of ether oxygens (including phenoxy) is 2. The minimum atomic E-state index is -0.0945. The number of nitrogens with one attached hydrogen (secondary N) is 1. The van der Waals surface area contributed by atoms with E-state index in [0.717, 1.165) is 30.9 Å². The SMILES string of the molecule is CCc1nc([C@H]2CCCN(C(=O)c3ccc(OC)nc3OC)C2)n[nH]1. The van der Waals surface area contributed by atoms with E-state index in [1.807, 2.05) is 11.8 Å². The Labute approximate surface area is 146 Å². The Kier molecular flexibility index (Phi) is 5.16. The molecule has 8 nitrogen and oxygen atoms in total. The predicted molar refractivity (Wildman–Crippen MR) is 91.0 cm³/mol. The van der Waals surface area contributed by atoms with Crippen molar-refractivity contribution in [3.63, 3.8) is 0 Å². The molecule has 2 aromatic heterocycles. The molecule has 0 aromatic carbocycles. The van der Waals surface area contributed by atoms with E-state index in [9.17, 15) is 4.79 Å². The van der Waals surface area contributed by atoms with Gasteiger partial charge in [-0.1, -0.05) is 6.92 Å². The number of carbonyl (C=O) groups excluding carboxylic acids is 1. The Balaban J connectivity index is 1.78. The molecular formula is C17H23N5O3. The van der Waals surface area contributed by atoms with Gasteiger partial charge in [0.25, 0.3) is 5.91 Å². The number of aryl methyl sites for hydroxylation is 1. The number of nitrogens with zero attached hydrogens (tertiary/aromatic N) is 4. The first kappa shape index (κ1) is 17.2. The van der Waals surface area contributed by atoms with Crippen molar-refractivity contribution >= 4 is 5.91 Å². The smallest absolute Gasteiger partial charge is 0.259 e. The number of aromatic amines is 1. The third-order valence-electron chi connectivity index (χ3n) is 4.43. The standard InChI is InChI=1S/C17H23N5O3/c1-4-13-18-15(21-20-13)11-6-5-9-22(10-11)17(23)12-7-8-14(24-2)19-16(12)25-3/h7-8,11H,4-6,9-10H2,1-3H3,(H,18,20,21)/t11-/m0/s1. The number of rotatable bonds is 5. The zero-order valence-electron chi connectivity index (χ0n) is 14.8. The summed E-state index contributed by atoms with van der Waals surface area (Å²) in [6.45, 7) is 3.33. The van der Waals surface area contributed by atoms with Crippen LogP contribution in [0.4, 0.5) is 0 Å². The molecule has 3 rings (SSSR count). The highest BCUT2D eigenvalue weighted by atomic mass is 16.5. The molecule has 0 radical (unpaired) electrons. The number of H-pyrrole nitrogens is 1. The van der Waals surface area contributed by atoms with Crippen LogP contribution >= 0.6 is 0 Å². The lowest BCUT2D eigenvalue weighted by atomic mass is 9.97. The van der Waals surface area contributed by atoms with E-state index < -0.39 is 0 Å². The van der Waals surface area contributed by atoms with Crippen molar-refractivity contribution in [1.29, 1.82) is 0 Å². The molecule has 1 atom stereocenters. The van der Waals surface area contributed by atoms with E-state index in [0.29, 0.717) is 24.5 Å². The third-order valence-corrected chi connectivity index (χ3v) is 4.43. The molecule has 1 aliphatic rings. The van der Waals surface area contributed by atoms with E-state index in [2.05, 4.69) is 20.2 Å². The van der Waals surface area contributed by atoms with Gasteiger partial charge in [-0.15, -0.1) is 0 Å². The van der Waals surface area contributed by atoms with Crippen LogP contribution in [0.15, 0.2) is 12.1 Å². The number of likely N-dealkylation sites (tertiary alicyclic amines) is 1. The highest BCUT2D eigenvalue weighted by Gasteiger charge is 2.29. The Hall–Kier alpha value is -2.64. The van der Waals surface area contributed by atoms with Crippen molar-refractivity contribution in [2.45, 2.75) is 32.1 Å². The fourth-order valence-corrected chi connectivity index (χ4v) is 3.05. The second-order valence-electron chi connectivity index (χ2n) is 5.99. The van der Waals surface area contributed by atoms with E-state index >= 15 is 0 Å². The Morgan fingerprint density at radius 1 is 1.32 bits per heavy atom. The molecule has 8 heteroatoms. The molecule has 0 bridgehead atoms. The molecule has 1 saturated heterocycles. The van der Waals surface area contributed by atoms with Gasteiger partial charge in [0.1, 0.15) is 11.4 Å². The Morgan fingerprint density at radius 2 is 2.16 bits per heavy atom. The summed E-state index contributed by atoms with van der Waals surface area (Å²) in [4.78, 5) is 23.5. The summed E-state index contributed by atoms with van der Waals surface area (Å²) in [7, 11) is 3.03. The van der Waals surface area contributed by atoms with E-state index in [4.69, 9.17) is 9.47 Å². The summed E-state index contributed by atoms with van der Waals surface area (Å²) >= 11 is 0. The number of hydrogen-bond acceptors (Lipinski definition) is 6. The number of aromatic nitrogens is 4. The molecule has 0 saturated carbocycles. The minimum absolute atomic E-state index is 0.0945. The summed E-state index contributed by atoms with van der Waals surface area (Å²) in [5.41, 5.74) is 0.438. The van der Waals surface area contributed by atoms with E-state index in [-0.39, 0.29) is 17.7 Å². The maximum atomic E-state index is 12.9. The average molecular weight is 345 g/mol. The van der Waals surface area contributed by atoms with Crippen LogP contribution < -0.4 is 9.47 Å². The van der Waals surface area contributed by atoms with Gasteiger partial charge in [-0.05, 0) is 18.9 Å². The normalized spacial score (nSPS) is 17.4. The van der Waals surface area contributed by atoms with Crippen LogP contribution in [0.25, 0.3) is 0 Å². The lowest BCUT2D eigenvalue weighted by Gasteiger charge is -2.31. The van der Waals surface area contributed by atoms with Crippen molar-refractivity contribution in [2.75, 3.05) is 27.3 Å². The molecule has 2 aromatic rings. The fraction of sp³-hybridized carbons (Fsp3) is 0.529. The summed E-state index contributed by atoms with van der Waals surface area (Å²) < 4.78 is 10.3. The molecular weight excluding hydrogens is 322 g/mol. The van der Waals surface area contributed by atoms with Gasteiger partial charge in [0.05, 0.1) is 14.2 Å². The van der Waals surface area contributed by atoms with E-state index in [1.54, 1.807) is 12.1 Å². The van der Waals surface area contributed by atoms with Crippen LogP contribution in [-0.4, -0.2) is 58.3 Å². The number of carbonyl (C=O) groups is 1. The molecule has 25 heavy (non-hydrogen) atoms. The van der Waals surface area contributed by atoms with Gasteiger partial charge in [0.15, 0.2) is 5.82 Å². The summed E-state index contributed by atoms with van der Waals surface area (Å²) in [6, 6.07) is 3.36. The average Bonchev–Trinajstić information content (AvgIpc) is 3.16. The third kappa shape index (κ3) is 3.57. The summed E-state index contributed by atoms with van der Waals surface area (Å²) in [6.07, 6.45) is 2.71. The first-order valence-corrected chi connectivity index (χ1v) is 8.45. The Morgan fingerprint density at radius 3 is 2.84 bits per heavy atom. The van der Waals surface area contributed by atoms with Gasteiger partial charge in [0, 0.05) is 31.5 Å². The number of piperidine rings is 1. The summed E-state index contributed by atoms with van der Waals surface area (Å²) in [5, 5.41) is 7.26.